The Morgan fingerprint density at radius 3 is 2.00 bits per heavy atom. The molecule has 1 aromatic rings. The minimum absolute atomic E-state index is 0. The Bertz CT molecular complexity index is 375. The van der Waals surface area contributed by atoms with Crippen molar-refractivity contribution >= 4 is 29.3 Å². The summed E-state index contributed by atoms with van der Waals surface area (Å²) in [6.07, 6.45) is 0. The van der Waals surface area contributed by atoms with Crippen molar-refractivity contribution in [1.82, 2.24) is 0 Å². The maximum atomic E-state index is 10.4. The van der Waals surface area contributed by atoms with Crippen LogP contribution in [0.3, 0.4) is 0 Å². The van der Waals surface area contributed by atoms with Gasteiger partial charge in [-0.2, -0.15) is 0 Å². The minimum atomic E-state index is -1.33. The van der Waals surface area contributed by atoms with E-state index in [1.54, 1.807) is 0 Å². The fraction of sp³-hybridized carbons (Fsp3) is 0.111. The average Bonchev–Trinajstić information content (AvgIpc) is 2.03. The van der Waals surface area contributed by atoms with Crippen LogP contribution in [0.5, 0.6) is 0 Å². The van der Waals surface area contributed by atoms with Crippen LogP contribution in [0, 0.1) is 6.92 Å². The molecule has 0 aliphatic rings. The normalized spacial score (nSPS) is 8.33. The predicted octanol–water partition coefficient (Wildman–Crippen LogP) is -1.84. The van der Waals surface area contributed by atoms with E-state index < -0.39 is 11.9 Å². The number of carbonyl (C=O) groups excluding carboxylic acids is 2. The van der Waals surface area contributed by atoms with Crippen LogP contribution in [0.15, 0.2) is 18.2 Å². The first-order valence-corrected chi connectivity index (χ1v) is 3.55. The number of hydrogen-bond acceptors (Lipinski definition) is 5. The van der Waals surface area contributed by atoms with Gasteiger partial charge in [0.05, 0.1) is 11.9 Å². The van der Waals surface area contributed by atoms with Crippen LogP contribution < -0.4 is 10.2 Å². The molecule has 0 aromatic heterocycles. The first-order valence-electron chi connectivity index (χ1n) is 3.55. The maximum Gasteiger partial charge on any atom is 3.00 e. The van der Waals surface area contributed by atoms with E-state index >= 15 is 0 Å². The molecule has 0 bridgehead atoms. The van der Waals surface area contributed by atoms with E-state index in [-0.39, 0.29) is 34.0 Å². The van der Waals surface area contributed by atoms with E-state index in [1.165, 1.54) is 25.1 Å². The molecule has 1 rings (SSSR count). The van der Waals surface area contributed by atoms with Gasteiger partial charge in [0.1, 0.15) is 0 Å². The summed E-state index contributed by atoms with van der Waals surface area (Å²) in [5, 5.41) is 20.8. The summed E-state index contributed by atoms with van der Waals surface area (Å²) in [6.45, 7) is 1.50. The van der Waals surface area contributed by atoms with Crippen molar-refractivity contribution in [3.05, 3.63) is 34.9 Å². The molecular weight excluding hydrogens is 215 g/mol. The zero-order valence-corrected chi connectivity index (χ0v) is 9.04. The van der Waals surface area contributed by atoms with Gasteiger partial charge in [-0.05, 0) is 24.1 Å². The number of aryl methyl sites for hydroxylation is 1. The third-order valence-electron chi connectivity index (χ3n) is 1.68. The third kappa shape index (κ3) is 3.72. The average molecular weight is 222 g/mol. The van der Waals surface area contributed by atoms with Crippen LogP contribution in [0.1, 0.15) is 26.3 Å². The summed E-state index contributed by atoms with van der Waals surface area (Å²) >= 11 is 0. The van der Waals surface area contributed by atoms with Crippen LogP contribution in [-0.4, -0.2) is 34.8 Å². The van der Waals surface area contributed by atoms with Crippen molar-refractivity contribution in [2.75, 3.05) is 0 Å². The number of rotatable bonds is 2. The fourth-order valence-corrected chi connectivity index (χ4v) is 1.02. The van der Waals surface area contributed by atoms with E-state index in [2.05, 4.69) is 0 Å². The zero-order chi connectivity index (χ0) is 10.0. The molecule has 0 amide bonds. The number of carboxylic acid groups (broad SMARTS) is 2. The second kappa shape index (κ2) is 6.20. The molecule has 0 saturated heterocycles. The first-order chi connectivity index (χ1) is 6.02. The summed E-state index contributed by atoms with van der Waals surface area (Å²) in [6, 6.07) is 3.60. The molecule has 0 unspecified atom stereocenters. The Hall–Kier alpha value is -1.35. The number of hydrogen-bond donors (Lipinski definition) is 0. The summed E-state index contributed by atoms with van der Waals surface area (Å²) in [5.74, 6) is -2.64. The number of aromatic carboxylic acids is 2. The Labute approximate surface area is 96.8 Å². The predicted molar refractivity (Wildman–Crippen MR) is 47.5 cm³/mol. The van der Waals surface area contributed by atoms with Gasteiger partial charge in [-0.25, -0.2) is 0 Å². The summed E-state index contributed by atoms with van der Waals surface area (Å²) in [7, 11) is 0. The van der Waals surface area contributed by atoms with E-state index in [0.717, 1.165) is 0 Å². The molecule has 0 radical (unpaired) electrons. The number of benzene rings is 1. The topological polar surface area (TPSA) is 110 Å². The molecule has 0 fully saturated rings. The molecule has 76 valence electrons. The van der Waals surface area contributed by atoms with Gasteiger partial charge in [0.25, 0.3) is 0 Å². The van der Waals surface area contributed by atoms with Crippen molar-refractivity contribution in [3.8, 4) is 0 Å². The molecule has 0 heterocycles. The summed E-state index contributed by atoms with van der Waals surface area (Å²) < 4.78 is 0. The van der Waals surface area contributed by atoms with Crippen molar-refractivity contribution in [1.29, 1.82) is 0 Å². The second-order valence-corrected chi connectivity index (χ2v) is 2.60. The fourth-order valence-electron chi connectivity index (χ4n) is 1.02. The van der Waals surface area contributed by atoms with Crippen molar-refractivity contribution < 1.29 is 25.3 Å². The van der Waals surface area contributed by atoms with Crippen molar-refractivity contribution in [2.24, 2.45) is 0 Å². The van der Waals surface area contributed by atoms with Gasteiger partial charge in [-0.3, -0.25) is 0 Å². The Balaban J connectivity index is 0. The standard InChI is InChI=1S/C9H8O4.Al.H2O/c1-5-4-6(8(10)11)2-3-7(5)9(12)13;;/h2-4H,1H3,(H,10,11)(H,12,13);;1H2/q;+3;/p-3. The van der Waals surface area contributed by atoms with E-state index in [0.29, 0.717) is 5.56 Å². The van der Waals surface area contributed by atoms with Gasteiger partial charge >= 0.3 is 17.4 Å². The molecule has 6 heteroatoms. The van der Waals surface area contributed by atoms with E-state index in [4.69, 9.17) is 0 Å². The van der Waals surface area contributed by atoms with Crippen LogP contribution in [0.25, 0.3) is 0 Å². The molecule has 0 atom stereocenters. The van der Waals surface area contributed by atoms with E-state index in [1.807, 2.05) is 0 Å². The van der Waals surface area contributed by atoms with Gasteiger partial charge in [-0.1, -0.05) is 12.1 Å². The van der Waals surface area contributed by atoms with Crippen LogP contribution in [-0.2, 0) is 0 Å². The van der Waals surface area contributed by atoms with E-state index in [9.17, 15) is 19.8 Å². The minimum Gasteiger partial charge on any atom is -0.870 e. The molecule has 0 aliphatic heterocycles. The molecule has 15 heavy (non-hydrogen) atoms. The number of carboxylic acids is 2. The van der Waals surface area contributed by atoms with Crippen LogP contribution >= 0.6 is 0 Å². The molecule has 0 saturated carbocycles. The summed E-state index contributed by atoms with van der Waals surface area (Å²) in [5.41, 5.74) is 0.300. The molecule has 5 nitrogen and oxygen atoms in total. The largest absolute Gasteiger partial charge is 3.00 e. The zero-order valence-electron chi connectivity index (χ0n) is 7.89. The quantitative estimate of drug-likeness (QED) is 0.546. The first kappa shape index (κ1) is 16.1. The van der Waals surface area contributed by atoms with Crippen molar-refractivity contribution in [3.63, 3.8) is 0 Å². The molecule has 0 aliphatic carbocycles. The smallest absolute Gasteiger partial charge is 0.870 e. The summed E-state index contributed by atoms with van der Waals surface area (Å²) in [4.78, 5) is 20.8. The third-order valence-corrected chi connectivity index (χ3v) is 1.68. The van der Waals surface area contributed by atoms with Crippen molar-refractivity contribution in [2.45, 2.75) is 6.92 Å². The Kier molecular flexibility index (Phi) is 6.65. The monoisotopic (exact) mass is 222 g/mol. The van der Waals surface area contributed by atoms with Crippen LogP contribution in [0.2, 0.25) is 0 Å². The van der Waals surface area contributed by atoms with Gasteiger partial charge in [0, 0.05) is 5.56 Å². The Morgan fingerprint density at radius 1 is 1.13 bits per heavy atom. The maximum absolute atomic E-state index is 10.4. The van der Waals surface area contributed by atoms with Gasteiger partial charge in [0.2, 0.25) is 0 Å². The molecule has 1 aromatic carbocycles. The second-order valence-electron chi connectivity index (χ2n) is 2.60. The molecule has 0 spiro atoms. The molecule has 1 N–H and O–H groups in total. The van der Waals surface area contributed by atoms with Crippen LogP contribution in [0.4, 0.5) is 0 Å². The molecular formula is C9H7AlO5. The van der Waals surface area contributed by atoms with Gasteiger partial charge in [0.15, 0.2) is 0 Å². The Morgan fingerprint density at radius 2 is 1.67 bits per heavy atom. The SMILES string of the molecule is Cc1cc(C(=O)[O-])ccc1C(=O)[O-].[Al+3].[OH-]. The number of carbonyl (C=O) groups is 2. The van der Waals surface area contributed by atoms with Gasteiger partial charge in [-0.15, -0.1) is 0 Å². The van der Waals surface area contributed by atoms with Gasteiger partial charge < -0.3 is 25.3 Å².